The highest BCUT2D eigenvalue weighted by Gasteiger charge is 2.17. The standard InChI is InChI=1S/C21H17N5OS/c1-12-7-8-17-18(9-12)28-21(23-17)26-19(10-13(2)25-26)24-20(27)15-11-22-16-6-4-3-5-14(15)16/h3-11,22H,1-2H3,(H,24,27). The third-order valence-corrected chi connectivity index (χ3v) is 5.61. The first-order valence-corrected chi connectivity index (χ1v) is 9.72. The predicted molar refractivity (Wildman–Crippen MR) is 112 cm³/mol. The number of amides is 1. The molecule has 3 heterocycles. The monoisotopic (exact) mass is 387 g/mol. The van der Waals surface area contributed by atoms with Crippen LogP contribution in [0.3, 0.4) is 0 Å². The molecule has 28 heavy (non-hydrogen) atoms. The van der Waals surface area contributed by atoms with Gasteiger partial charge in [-0.2, -0.15) is 9.78 Å². The van der Waals surface area contributed by atoms with Gasteiger partial charge in [-0.3, -0.25) is 4.79 Å². The van der Waals surface area contributed by atoms with Crippen LogP contribution in [0.25, 0.3) is 26.3 Å². The number of rotatable bonds is 3. The van der Waals surface area contributed by atoms with Crippen LogP contribution in [-0.4, -0.2) is 25.7 Å². The number of thiazole rings is 1. The summed E-state index contributed by atoms with van der Waals surface area (Å²) in [5, 5.41) is 9.14. The molecule has 6 nitrogen and oxygen atoms in total. The normalized spacial score (nSPS) is 11.4. The molecule has 0 bridgehead atoms. The van der Waals surface area contributed by atoms with E-state index in [-0.39, 0.29) is 5.91 Å². The van der Waals surface area contributed by atoms with Crippen LogP contribution in [0.2, 0.25) is 0 Å². The van der Waals surface area contributed by atoms with Gasteiger partial charge in [0, 0.05) is 23.2 Å². The zero-order valence-electron chi connectivity index (χ0n) is 15.4. The first kappa shape index (κ1) is 16.7. The van der Waals surface area contributed by atoms with Crippen LogP contribution in [0, 0.1) is 13.8 Å². The maximum atomic E-state index is 12.9. The summed E-state index contributed by atoms with van der Waals surface area (Å²) >= 11 is 1.55. The Kier molecular flexibility index (Phi) is 3.77. The van der Waals surface area contributed by atoms with Crippen molar-refractivity contribution in [2.45, 2.75) is 13.8 Å². The van der Waals surface area contributed by atoms with Gasteiger partial charge in [-0.15, -0.1) is 0 Å². The quantitative estimate of drug-likeness (QED) is 0.465. The van der Waals surface area contributed by atoms with E-state index in [1.807, 2.05) is 49.4 Å². The number of carbonyl (C=O) groups excluding carboxylic acids is 1. The third-order valence-electron chi connectivity index (χ3n) is 4.62. The molecule has 0 saturated heterocycles. The molecule has 0 aliphatic heterocycles. The highest BCUT2D eigenvalue weighted by molar-refractivity contribution is 7.20. The van der Waals surface area contributed by atoms with Gasteiger partial charge in [-0.25, -0.2) is 4.98 Å². The van der Waals surface area contributed by atoms with Gasteiger partial charge < -0.3 is 10.3 Å². The Morgan fingerprint density at radius 2 is 2.00 bits per heavy atom. The summed E-state index contributed by atoms with van der Waals surface area (Å²) in [5.41, 5.74) is 4.45. The van der Waals surface area contributed by atoms with Gasteiger partial charge in [0.15, 0.2) is 0 Å². The molecule has 0 fully saturated rings. The molecule has 0 unspecified atom stereocenters. The molecular formula is C21H17N5OS. The number of aryl methyl sites for hydroxylation is 2. The van der Waals surface area contributed by atoms with Crippen LogP contribution in [0.1, 0.15) is 21.6 Å². The number of benzene rings is 2. The van der Waals surface area contributed by atoms with Gasteiger partial charge in [-0.05, 0) is 37.6 Å². The Morgan fingerprint density at radius 1 is 1.14 bits per heavy atom. The average Bonchev–Trinajstić information content (AvgIpc) is 3.37. The SMILES string of the molecule is Cc1ccc2nc(-n3nc(C)cc3NC(=O)c3c[nH]c4ccccc34)sc2c1. The van der Waals surface area contributed by atoms with Gasteiger partial charge in [0.2, 0.25) is 5.13 Å². The number of aromatic amines is 1. The number of H-pyrrole nitrogens is 1. The molecule has 0 saturated carbocycles. The highest BCUT2D eigenvalue weighted by atomic mass is 32.1. The molecule has 2 N–H and O–H groups in total. The zero-order chi connectivity index (χ0) is 19.3. The topological polar surface area (TPSA) is 75.6 Å². The van der Waals surface area contributed by atoms with E-state index in [1.54, 1.807) is 22.2 Å². The largest absolute Gasteiger partial charge is 0.360 e. The second-order valence-corrected chi connectivity index (χ2v) is 7.76. The van der Waals surface area contributed by atoms with Crippen molar-refractivity contribution in [1.29, 1.82) is 0 Å². The molecule has 0 radical (unpaired) electrons. The minimum atomic E-state index is -0.185. The fraction of sp³-hybridized carbons (Fsp3) is 0.0952. The Hall–Kier alpha value is -3.45. The lowest BCUT2D eigenvalue weighted by Crippen LogP contribution is -2.14. The lowest BCUT2D eigenvalue weighted by molar-refractivity contribution is 0.102. The minimum absolute atomic E-state index is 0.185. The maximum Gasteiger partial charge on any atom is 0.258 e. The summed E-state index contributed by atoms with van der Waals surface area (Å²) in [6.07, 6.45) is 1.73. The van der Waals surface area contributed by atoms with Crippen LogP contribution in [0.15, 0.2) is 54.7 Å². The lowest BCUT2D eigenvalue weighted by Gasteiger charge is -2.06. The summed E-state index contributed by atoms with van der Waals surface area (Å²) in [4.78, 5) is 20.7. The molecule has 138 valence electrons. The highest BCUT2D eigenvalue weighted by Crippen LogP contribution is 2.28. The summed E-state index contributed by atoms with van der Waals surface area (Å²) < 4.78 is 2.79. The molecule has 3 aromatic heterocycles. The third kappa shape index (κ3) is 2.76. The number of hydrogen-bond acceptors (Lipinski definition) is 4. The van der Waals surface area contributed by atoms with Crippen molar-refractivity contribution >= 4 is 44.2 Å². The molecule has 1 amide bonds. The Bertz CT molecular complexity index is 1340. The predicted octanol–water partition coefficient (Wildman–Crippen LogP) is 4.83. The molecule has 2 aromatic carbocycles. The van der Waals surface area contributed by atoms with Gasteiger partial charge in [0.1, 0.15) is 5.82 Å². The maximum absolute atomic E-state index is 12.9. The first-order chi connectivity index (χ1) is 13.6. The number of anilines is 1. The summed E-state index contributed by atoms with van der Waals surface area (Å²) in [5.74, 6) is 0.416. The number of hydrogen-bond donors (Lipinski definition) is 2. The van der Waals surface area contributed by atoms with Crippen molar-refractivity contribution in [3.8, 4) is 5.13 Å². The molecule has 0 aliphatic carbocycles. The van der Waals surface area contributed by atoms with E-state index in [0.717, 1.165) is 31.9 Å². The molecule has 5 aromatic rings. The lowest BCUT2D eigenvalue weighted by atomic mass is 10.1. The van der Waals surface area contributed by atoms with Crippen molar-refractivity contribution in [1.82, 2.24) is 19.7 Å². The van der Waals surface area contributed by atoms with Crippen LogP contribution in [0.4, 0.5) is 5.82 Å². The van der Waals surface area contributed by atoms with Crippen molar-refractivity contribution in [2.75, 3.05) is 5.32 Å². The molecule has 0 atom stereocenters. The molecule has 0 aliphatic rings. The van der Waals surface area contributed by atoms with Crippen LogP contribution in [0.5, 0.6) is 0 Å². The van der Waals surface area contributed by atoms with Crippen LogP contribution < -0.4 is 5.32 Å². The first-order valence-electron chi connectivity index (χ1n) is 8.90. The fourth-order valence-corrected chi connectivity index (χ4v) is 4.32. The summed E-state index contributed by atoms with van der Waals surface area (Å²) in [6, 6.07) is 15.7. The Balaban J connectivity index is 1.53. The average molecular weight is 387 g/mol. The van der Waals surface area contributed by atoms with E-state index in [9.17, 15) is 4.79 Å². The van der Waals surface area contributed by atoms with Gasteiger partial charge in [0.25, 0.3) is 5.91 Å². The fourth-order valence-electron chi connectivity index (χ4n) is 3.29. The van der Waals surface area contributed by atoms with E-state index >= 15 is 0 Å². The van der Waals surface area contributed by atoms with Gasteiger partial charge >= 0.3 is 0 Å². The van der Waals surface area contributed by atoms with E-state index < -0.39 is 0 Å². The smallest absolute Gasteiger partial charge is 0.258 e. The molecule has 0 spiro atoms. The molecule has 7 heteroatoms. The van der Waals surface area contributed by atoms with Crippen LogP contribution >= 0.6 is 11.3 Å². The van der Waals surface area contributed by atoms with E-state index in [1.165, 1.54) is 5.56 Å². The van der Waals surface area contributed by atoms with E-state index in [2.05, 4.69) is 33.4 Å². The van der Waals surface area contributed by atoms with E-state index in [4.69, 9.17) is 0 Å². The second kappa shape index (κ2) is 6.31. The number of fused-ring (bicyclic) bond motifs is 2. The number of nitrogens with zero attached hydrogens (tertiary/aromatic N) is 3. The number of para-hydroxylation sites is 1. The number of carbonyl (C=O) groups is 1. The van der Waals surface area contributed by atoms with Crippen molar-refractivity contribution < 1.29 is 4.79 Å². The summed E-state index contributed by atoms with van der Waals surface area (Å²) in [7, 11) is 0. The Morgan fingerprint density at radius 3 is 2.89 bits per heavy atom. The molecular weight excluding hydrogens is 370 g/mol. The summed E-state index contributed by atoms with van der Waals surface area (Å²) in [6.45, 7) is 3.96. The second-order valence-electron chi connectivity index (χ2n) is 6.75. The number of aromatic nitrogens is 4. The van der Waals surface area contributed by atoms with E-state index in [0.29, 0.717) is 11.4 Å². The van der Waals surface area contributed by atoms with Gasteiger partial charge in [0.05, 0.1) is 21.5 Å². The van der Waals surface area contributed by atoms with Crippen molar-refractivity contribution in [3.63, 3.8) is 0 Å². The van der Waals surface area contributed by atoms with Crippen LogP contribution in [-0.2, 0) is 0 Å². The van der Waals surface area contributed by atoms with Gasteiger partial charge in [-0.1, -0.05) is 35.6 Å². The van der Waals surface area contributed by atoms with Crippen molar-refractivity contribution in [3.05, 3.63) is 71.5 Å². The molecule has 5 rings (SSSR count). The van der Waals surface area contributed by atoms with Crippen molar-refractivity contribution in [2.24, 2.45) is 0 Å². The number of nitrogens with one attached hydrogen (secondary N) is 2. The zero-order valence-corrected chi connectivity index (χ0v) is 16.2. The Labute approximate surface area is 164 Å². The minimum Gasteiger partial charge on any atom is -0.360 e.